The quantitative estimate of drug-likeness (QED) is 0.559. The Morgan fingerprint density at radius 3 is 2.45 bits per heavy atom. The molecule has 5 rings (SSSR count). The van der Waals surface area contributed by atoms with Crippen LogP contribution in [0.25, 0.3) is 16.8 Å². The van der Waals surface area contributed by atoms with Gasteiger partial charge in [0.1, 0.15) is 17.3 Å². The first-order valence-electron chi connectivity index (χ1n) is 10.3. The van der Waals surface area contributed by atoms with Crippen LogP contribution < -0.4 is 19.7 Å². The molecule has 4 nitrogen and oxygen atoms in total. The maximum atomic E-state index is 13.8. The lowest BCUT2D eigenvalue weighted by Gasteiger charge is -2.33. The van der Waals surface area contributed by atoms with E-state index in [-0.39, 0.29) is 11.4 Å². The smallest absolute Gasteiger partial charge is 0.142 e. The van der Waals surface area contributed by atoms with Gasteiger partial charge in [-0.2, -0.15) is 0 Å². The lowest BCUT2D eigenvalue weighted by molar-refractivity contribution is 0.413. The molecule has 0 radical (unpaired) electrons. The number of benzene rings is 3. The first-order chi connectivity index (χ1) is 14.9. The van der Waals surface area contributed by atoms with E-state index in [9.17, 15) is 4.39 Å². The molecule has 158 valence electrons. The second kappa shape index (κ2) is 7.05. The number of hydrogen-bond donors (Lipinski definition) is 1. The van der Waals surface area contributed by atoms with Crippen LogP contribution in [0, 0.1) is 5.82 Å². The topological polar surface area (TPSA) is 33.7 Å². The number of rotatable bonds is 4. The number of methoxy groups -OCH3 is 2. The number of nitrogens with one attached hydrogen (secondary N) is 1. The lowest BCUT2D eigenvalue weighted by Crippen LogP contribution is -2.33. The van der Waals surface area contributed by atoms with Crippen molar-refractivity contribution in [2.45, 2.75) is 25.9 Å². The van der Waals surface area contributed by atoms with Gasteiger partial charge in [-0.3, -0.25) is 0 Å². The average molecular weight is 416 g/mol. The molecule has 0 bridgehead atoms. The summed E-state index contributed by atoms with van der Waals surface area (Å²) in [6.07, 6.45) is 2.27. The number of halogens is 1. The van der Waals surface area contributed by atoms with Crippen molar-refractivity contribution in [3.63, 3.8) is 0 Å². The van der Waals surface area contributed by atoms with E-state index in [0.29, 0.717) is 12.3 Å². The van der Waals surface area contributed by atoms with Gasteiger partial charge in [0.2, 0.25) is 0 Å². The molecule has 1 N–H and O–H groups in total. The normalized spacial score (nSPS) is 15.8. The van der Waals surface area contributed by atoms with Gasteiger partial charge in [0.25, 0.3) is 0 Å². The number of ether oxygens (including phenoxy) is 2. The Labute approximate surface area is 181 Å². The minimum atomic E-state index is -0.311. The van der Waals surface area contributed by atoms with Crippen molar-refractivity contribution < 1.29 is 13.9 Å². The molecule has 5 heteroatoms. The van der Waals surface area contributed by atoms with Gasteiger partial charge in [-0.05, 0) is 61.4 Å². The molecule has 0 saturated carbocycles. The summed E-state index contributed by atoms with van der Waals surface area (Å²) in [4.78, 5) is 2.30. The summed E-state index contributed by atoms with van der Waals surface area (Å²) >= 11 is 0. The van der Waals surface area contributed by atoms with E-state index in [1.807, 2.05) is 18.2 Å². The summed E-state index contributed by atoms with van der Waals surface area (Å²) in [5, 5.41) is 3.64. The van der Waals surface area contributed by atoms with E-state index in [0.717, 1.165) is 33.9 Å². The second-order valence-electron chi connectivity index (χ2n) is 8.49. The first kappa shape index (κ1) is 19.5. The van der Waals surface area contributed by atoms with E-state index in [1.165, 1.54) is 23.3 Å². The van der Waals surface area contributed by atoms with Crippen LogP contribution in [0.1, 0.15) is 25.0 Å². The third-order valence-corrected chi connectivity index (χ3v) is 5.96. The fourth-order valence-electron chi connectivity index (χ4n) is 4.67. The molecule has 3 aromatic rings. The van der Waals surface area contributed by atoms with Crippen molar-refractivity contribution in [2.24, 2.45) is 0 Å². The van der Waals surface area contributed by atoms with Crippen LogP contribution in [0.5, 0.6) is 11.5 Å². The van der Waals surface area contributed by atoms with Crippen molar-refractivity contribution in [1.82, 2.24) is 0 Å². The van der Waals surface area contributed by atoms with Gasteiger partial charge in [-0.1, -0.05) is 18.2 Å². The van der Waals surface area contributed by atoms with Gasteiger partial charge >= 0.3 is 0 Å². The SMILES string of the molecule is COc1cc(F)ccc1-c1ccc2c3c1CN(c1ccccc1OC)C3=CC(C)(C)N2. The van der Waals surface area contributed by atoms with Crippen LogP contribution in [0.3, 0.4) is 0 Å². The monoisotopic (exact) mass is 416 g/mol. The zero-order chi connectivity index (χ0) is 21.8. The minimum absolute atomic E-state index is 0.195. The molecular weight excluding hydrogens is 391 g/mol. The third-order valence-electron chi connectivity index (χ3n) is 5.96. The Morgan fingerprint density at radius 2 is 1.68 bits per heavy atom. The molecule has 2 aliphatic rings. The minimum Gasteiger partial charge on any atom is -0.496 e. The molecule has 0 aliphatic carbocycles. The Morgan fingerprint density at radius 1 is 0.935 bits per heavy atom. The third kappa shape index (κ3) is 3.12. The highest BCUT2D eigenvalue weighted by Crippen LogP contribution is 2.50. The number of hydrogen-bond acceptors (Lipinski definition) is 4. The average Bonchev–Trinajstić information content (AvgIpc) is 3.13. The molecule has 0 unspecified atom stereocenters. The maximum absolute atomic E-state index is 13.8. The summed E-state index contributed by atoms with van der Waals surface area (Å²) in [6.45, 7) is 5.01. The Balaban J connectivity index is 1.74. The van der Waals surface area contributed by atoms with E-state index >= 15 is 0 Å². The highest BCUT2D eigenvalue weighted by Gasteiger charge is 2.37. The maximum Gasteiger partial charge on any atom is 0.142 e. The number of nitrogens with zero attached hydrogens (tertiary/aromatic N) is 1. The zero-order valence-corrected chi connectivity index (χ0v) is 18.1. The predicted octanol–water partition coefficient (Wildman–Crippen LogP) is 6.08. The fraction of sp³-hybridized carbons (Fsp3) is 0.231. The van der Waals surface area contributed by atoms with Gasteiger partial charge in [0.15, 0.2) is 0 Å². The summed E-state index contributed by atoms with van der Waals surface area (Å²) in [7, 11) is 3.27. The van der Waals surface area contributed by atoms with E-state index < -0.39 is 0 Å². The number of para-hydroxylation sites is 2. The lowest BCUT2D eigenvalue weighted by atomic mass is 9.89. The molecule has 0 atom stereocenters. The van der Waals surface area contributed by atoms with Gasteiger partial charge in [-0.15, -0.1) is 0 Å². The van der Waals surface area contributed by atoms with Gasteiger partial charge < -0.3 is 19.7 Å². The van der Waals surface area contributed by atoms with Gasteiger partial charge in [0, 0.05) is 35.1 Å². The summed E-state index contributed by atoms with van der Waals surface area (Å²) in [6, 6.07) is 17.0. The molecule has 0 aromatic heterocycles. The van der Waals surface area contributed by atoms with Gasteiger partial charge in [0.05, 0.1) is 25.4 Å². The number of anilines is 2. The van der Waals surface area contributed by atoms with E-state index in [4.69, 9.17) is 9.47 Å². The van der Waals surface area contributed by atoms with Crippen LogP contribution in [0.4, 0.5) is 15.8 Å². The van der Waals surface area contributed by atoms with Crippen molar-refractivity contribution in [1.29, 1.82) is 0 Å². The summed E-state index contributed by atoms with van der Waals surface area (Å²) in [5.74, 6) is 1.05. The zero-order valence-electron chi connectivity index (χ0n) is 18.1. The van der Waals surface area contributed by atoms with Crippen molar-refractivity contribution in [2.75, 3.05) is 24.4 Å². The Bertz CT molecular complexity index is 1220. The molecular formula is C26H25FN2O2. The molecule has 0 amide bonds. The van der Waals surface area contributed by atoms with Crippen LogP contribution in [-0.4, -0.2) is 19.8 Å². The van der Waals surface area contributed by atoms with E-state index in [1.54, 1.807) is 20.3 Å². The molecule has 0 fully saturated rings. The Kier molecular flexibility index (Phi) is 4.43. The second-order valence-corrected chi connectivity index (χ2v) is 8.49. The fourth-order valence-corrected chi connectivity index (χ4v) is 4.67. The largest absolute Gasteiger partial charge is 0.496 e. The molecule has 31 heavy (non-hydrogen) atoms. The van der Waals surface area contributed by atoms with Crippen molar-refractivity contribution in [3.8, 4) is 22.6 Å². The van der Waals surface area contributed by atoms with Crippen molar-refractivity contribution in [3.05, 3.63) is 77.6 Å². The van der Waals surface area contributed by atoms with Crippen LogP contribution in [0.15, 0.2) is 60.7 Å². The predicted molar refractivity (Wildman–Crippen MR) is 123 cm³/mol. The standard InChI is InChI=1S/C26H25FN2O2/c1-26(2)14-22-25-19(15-29(22)21-7-5-6-8-23(21)30-3)17(11-12-20(25)28-26)18-10-9-16(27)13-24(18)31-4/h5-14,28H,15H2,1-4H3. The van der Waals surface area contributed by atoms with Crippen LogP contribution in [-0.2, 0) is 6.54 Å². The summed E-state index contributed by atoms with van der Waals surface area (Å²) < 4.78 is 25.0. The highest BCUT2D eigenvalue weighted by atomic mass is 19.1. The van der Waals surface area contributed by atoms with Gasteiger partial charge in [-0.25, -0.2) is 4.39 Å². The molecule has 0 spiro atoms. The van der Waals surface area contributed by atoms with Crippen LogP contribution in [0.2, 0.25) is 0 Å². The summed E-state index contributed by atoms with van der Waals surface area (Å²) in [5.41, 5.74) is 7.36. The Hall–Kier alpha value is -3.47. The molecule has 2 heterocycles. The molecule has 2 aliphatic heterocycles. The van der Waals surface area contributed by atoms with Crippen molar-refractivity contribution >= 4 is 17.1 Å². The van der Waals surface area contributed by atoms with E-state index in [2.05, 4.69) is 48.3 Å². The molecule has 0 saturated heterocycles. The molecule has 3 aromatic carbocycles. The van der Waals surface area contributed by atoms with Crippen LogP contribution >= 0.6 is 0 Å². The highest BCUT2D eigenvalue weighted by molar-refractivity contribution is 5.98. The first-order valence-corrected chi connectivity index (χ1v) is 10.3.